The lowest BCUT2D eigenvalue weighted by atomic mass is 9.83. The molecular weight excluding hydrogens is 162 g/mol. The van der Waals surface area contributed by atoms with Crippen LogP contribution < -0.4 is 5.32 Å². The molecule has 0 spiro atoms. The molecule has 1 aromatic heterocycles. The van der Waals surface area contributed by atoms with E-state index in [1.165, 1.54) is 5.56 Å². The lowest BCUT2D eigenvalue weighted by molar-refractivity contribution is 0.468. The van der Waals surface area contributed by atoms with Crippen LogP contribution in [0.4, 0.5) is 0 Å². The van der Waals surface area contributed by atoms with Crippen LogP contribution in [0.25, 0.3) is 0 Å². The summed E-state index contributed by atoms with van der Waals surface area (Å²) >= 11 is 0. The van der Waals surface area contributed by atoms with E-state index in [-0.39, 0.29) is 5.41 Å². The van der Waals surface area contributed by atoms with Crippen molar-refractivity contribution in [3.63, 3.8) is 0 Å². The van der Waals surface area contributed by atoms with Crippen LogP contribution in [0.5, 0.6) is 0 Å². The van der Waals surface area contributed by atoms with E-state index in [1.54, 1.807) is 0 Å². The van der Waals surface area contributed by atoms with Gasteiger partial charge in [-0.25, -0.2) is 0 Å². The summed E-state index contributed by atoms with van der Waals surface area (Å²) in [5.74, 6) is 0. The Morgan fingerprint density at radius 1 is 1.54 bits per heavy atom. The molecule has 1 heterocycles. The zero-order valence-electron chi connectivity index (χ0n) is 8.96. The summed E-state index contributed by atoms with van der Waals surface area (Å²) in [4.78, 5) is 0. The Labute approximate surface area is 80.1 Å². The second kappa shape index (κ2) is 3.92. The Balaban J connectivity index is 2.68. The van der Waals surface area contributed by atoms with Gasteiger partial charge in [-0.05, 0) is 31.0 Å². The summed E-state index contributed by atoms with van der Waals surface area (Å²) in [6.07, 6.45) is 5.18. The standard InChI is InChI=1S/C10H19N3/c1-10(2,5-6-11-3)9-7-12-13(4)8-9/h7-8,11H,5-6H2,1-4H3. The highest BCUT2D eigenvalue weighted by Crippen LogP contribution is 2.25. The minimum atomic E-state index is 0.220. The molecule has 0 radical (unpaired) electrons. The molecule has 0 aromatic carbocycles. The summed E-state index contributed by atoms with van der Waals surface area (Å²) in [5.41, 5.74) is 1.53. The second-order valence-corrected chi connectivity index (χ2v) is 4.14. The number of nitrogens with one attached hydrogen (secondary N) is 1. The predicted molar refractivity (Wildman–Crippen MR) is 54.8 cm³/mol. The first kappa shape index (κ1) is 10.3. The molecule has 0 aliphatic carbocycles. The number of nitrogens with zero attached hydrogens (tertiary/aromatic N) is 2. The third-order valence-electron chi connectivity index (χ3n) is 2.49. The maximum Gasteiger partial charge on any atom is 0.0527 e. The lowest BCUT2D eigenvalue weighted by Crippen LogP contribution is -2.23. The average molecular weight is 181 g/mol. The molecule has 0 bridgehead atoms. The maximum atomic E-state index is 4.19. The largest absolute Gasteiger partial charge is 0.320 e. The van der Waals surface area contributed by atoms with E-state index in [9.17, 15) is 0 Å². The molecule has 0 atom stereocenters. The van der Waals surface area contributed by atoms with Gasteiger partial charge in [-0.3, -0.25) is 4.68 Å². The van der Waals surface area contributed by atoms with Crippen LogP contribution in [0.3, 0.4) is 0 Å². The Bertz CT molecular complexity index is 263. The molecule has 0 fully saturated rings. The van der Waals surface area contributed by atoms with Gasteiger partial charge in [0.2, 0.25) is 0 Å². The van der Waals surface area contributed by atoms with Crippen LogP contribution >= 0.6 is 0 Å². The first-order valence-electron chi connectivity index (χ1n) is 4.70. The molecule has 0 amide bonds. The highest BCUT2D eigenvalue weighted by atomic mass is 15.2. The van der Waals surface area contributed by atoms with Crippen LogP contribution in [-0.4, -0.2) is 23.4 Å². The van der Waals surface area contributed by atoms with Crippen molar-refractivity contribution in [3.05, 3.63) is 18.0 Å². The van der Waals surface area contributed by atoms with Crippen molar-refractivity contribution in [1.29, 1.82) is 0 Å². The maximum absolute atomic E-state index is 4.19. The first-order chi connectivity index (χ1) is 6.06. The minimum Gasteiger partial charge on any atom is -0.320 e. The minimum absolute atomic E-state index is 0.220. The summed E-state index contributed by atoms with van der Waals surface area (Å²) in [5, 5.41) is 7.36. The van der Waals surface area contributed by atoms with Gasteiger partial charge in [0.25, 0.3) is 0 Å². The fraction of sp³-hybridized carbons (Fsp3) is 0.700. The fourth-order valence-electron chi connectivity index (χ4n) is 1.35. The van der Waals surface area contributed by atoms with E-state index in [0.29, 0.717) is 0 Å². The monoisotopic (exact) mass is 181 g/mol. The van der Waals surface area contributed by atoms with Gasteiger partial charge in [0.1, 0.15) is 0 Å². The molecule has 0 unspecified atom stereocenters. The Morgan fingerprint density at radius 3 is 2.69 bits per heavy atom. The van der Waals surface area contributed by atoms with Crippen molar-refractivity contribution in [2.45, 2.75) is 25.7 Å². The van der Waals surface area contributed by atoms with E-state index < -0.39 is 0 Å². The molecule has 3 heteroatoms. The van der Waals surface area contributed by atoms with Gasteiger partial charge in [0.05, 0.1) is 6.20 Å². The molecule has 3 nitrogen and oxygen atoms in total. The number of hydrogen-bond donors (Lipinski definition) is 1. The predicted octanol–water partition coefficient (Wildman–Crippen LogP) is 1.31. The molecule has 1 rings (SSSR count). The zero-order valence-corrected chi connectivity index (χ0v) is 8.96. The van der Waals surface area contributed by atoms with Gasteiger partial charge in [-0.15, -0.1) is 0 Å². The Morgan fingerprint density at radius 2 is 2.23 bits per heavy atom. The van der Waals surface area contributed by atoms with Gasteiger partial charge in [0, 0.05) is 13.2 Å². The average Bonchev–Trinajstić information content (AvgIpc) is 2.49. The van der Waals surface area contributed by atoms with Crippen molar-refractivity contribution in [1.82, 2.24) is 15.1 Å². The van der Waals surface area contributed by atoms with Crippen molar-refractivity contribution in [2.24, 2.45) is 7.05 Å². The zero-order chi connectivity index (χ0) is 9.90. The number of aryl methyl sites for hydroxylation is 1. The number of rotatable bonds is 4. The van der Waals surface area contributed by atoms with Crippen molar-refractivity contribution in [2.75, 3.05) is 13.6 Å². The summed E-state index contributed by atoms with van der Waals surface area (Å²) in [7, 11) is 3.94. The van der Waals surface area contributed by atoms with E-state index in [4.69, 9.17) is 0 Å². The highest BCUT2D eigenvalue weighted by molar-refractivity contribution is 5.16. The number of aromatic nitrogens is 2. The molecule has 1 aromatic rings. The van der Waals surface area contributed by atoms with Crippen LogP contribution in [0.2, 0.25) is 0 Å². The molecule has 0 saturated heterocycles. The quantitative estimate of drug-likeness (QED) is 0.759. The summed E-state index contributed by atoms with van der Waals surface area (Å²) in [6.45, 7) is 5.55. The van der Waals surface area contributed by atoms with E-state index in [0.717, 1.165) is 13.0 Å². The number of hydrogen-bond acceptors (Lipinski definition) is 2. The molecule has 0 aliphatic rings. The van der Waals surface area contributed by atoms with Crippen LogP contribution in [0.1, 0.15) is 25.8 Å². The first-order valence-corrected chi connectivity index (χ1v) is 4.70. The van der Waals surface area contributed by atoms with Gasteiger partial charge in [-0.1, -0.05) is 13.8 Å². The van der Waals surface area contributed by atoms with E-state index in [1.807, 2.05) is 25.0 Å². The topological polar surface area (TPSA) is 29.9 Å². The Kier molecular flexibility index (Phi) is 3.09. The SMILES string of the molecule is CNCCC(C)(C)c1cnn(C)c1. The molecule has 13 heavy (non-hydrogen) atoms. The van der Waals surface area contributed by atoms with Crippen molar-refractivity contribution in [3.8, 4) is 0 Å². The van der Waals surface area contributed by atoms with Crippen molar-refractivity contribution >= 4 is 0 Å². The molecule has 0 saturated carbocycles. The van der Waals surface area contributed by atoms with Gasteiger partial charge in [0.15, 0.2) is 0 Å². The third kappa shape index (κ3) is 2.56. The van der Waals surface area contributed by atoms with Crippen LogP contribution in [-0.2, 0) is 12.5 Å². The normalized spacial score (nSPS) is 12.0. The Hall–Kier alpha value is -0.830. The fourth-order valence-corrected chi connectivity index (χ4v) is 1.35. The van der Waals surface area contributed by atoms with Gasteiger partial charge >= 0.3 is 0 Å². The second-order valence-electron chi connectivity index (χ2n) is 4.14. The summed E-state index contributed by atoms with van der Waals surface area (Å²) < 4.78 is 1.86. The van der Waals surface area contributed by atoms with E-state index >= 15 is 0 Å². The highest BCUT2D eigenvalue weighted by Gasteiger charge is 2.20. The van der Waals surface area contributed by atoms with Crippen molar-refractivity contribution < 1.29 is 0 Å². The van der Waals surface area contributed by atoms with E-state index in [2.05, 4.69) is 30.5 Å². The smallest absolute Gasteiger partial charge is 0.0527 e. The van der Waals surface area contributed by atoms with Gasteiger partial charge < -0.3 is 5.32 Å². The van der Waals surface area contributed by atoms with Crippen LogP contribution in [0, 0.1) is 0 Å². The summed E-state index contributed by atoms with van der Waals surface area (Å²) in [6, 6.07) is 0. The molecule has 0 aliphatic heterocycles. The van der Waals surface area contributed by atoms with Gasteiger partial charge in [-0.2, -0.15) is 5.10 Å². The molecule has 1 N–H and O–H groups in total. The van der Waals surface area contributed by atoms with Crippen LogP contribution in [0.15, 0.2) is 12.4 Å². The molecular formula is C10H19N3. The molecule has 74 valence electrons. The third-order valence-corrected chi connectivity index (χ3v) is 2.49. The lowest BCUT2D eigenvalue weighted by Gasteiger charge is -2.22.